The number of alkyl halides is 1. The fourth-order valence-corrected chi connectivity index (χ4v) is 3.82. The van der Waals surface area contributed by atoms with Crippen LogP contribution in [-0.2, 0) is 9.53 Å². The fraction of sp³-hybridized carbons (Fsp3) is 0.952. The van der Waals surface area contributed by atoms with Gasteiger partial charge in [-0.05, 0) is 19.3 Å². The zero-order chi connectivity index (χ0) is 18.3. The number of halogens is 1. The first kappa shape index (κ1) is 22.8. The van der Waals surface area contributed by atoms with Gasteiger partial charge >= 0.3 is 5.97 Å². The Morgan fingerprint density at radius 3 is 2.16 bits per heavy atom. The van der Waals surface area contributed by atoms with Crippen molar-refractivity contribution in [3.63, 3.8) is 0 Å². The van der Waals surface area contributed by atoms with Gasteiger partial charge in [0.05, 0.1) is 12.0 Å². The summed E-state index contributed by atoms with van der Waals surface area (Å²) in [5.74, 6) is 0.620. The number of hydrogen-bond donors (Lipinski definition) is 1. The maximum atomic E-state index is 11.6. The van der Waals surface area contributed by atoms with E-state index in [-0.39, 0.29) is 24.1 Å². The van der Waals surface area contributed by atoms with E-state index < -0.39 is 0 Å². The number of carbonyl (C=O) groups is 1. The van der Waals surface area contributed by atoms with Crippen LogP contribution in [0.1, 0.15) is 103 Å². The Bertz CT molecular complexity index is 335. The zero-order valence-electron chi connectivity index (χ0n) is 16.2. The lowest BCUT2D eigenvalue weighted by molar-refractivity contribution is -0.188. The molecule has 1 saturated heterocycles. The third kappa shape index (κ3) is 10.5. The van der Waals surface area contributed by atoms with Crippen molar-refractivity contribution < 1.29 is 14.6 Å². The monoisotopic (exact) mass is 374 g/mol. The lowest BCUT2D eigenvalue weighted by Crippen LogP contribution is -2.46. The molecule has 0 aromatic heterocycles. The standard InChI is InChI=1S/C21H39ClO3/c1-2-3-4-5-6-7-8-9-11-14-18(23)17-20-19(21(24)25-20)15-12-10-13-16-22/h18-20,23H,2-17H2,1H3/t18-,19-,20-/m1/s1. The molecule has 1 rings (SSSR count). The van der Waals surface area contributed by atoms with Gasteiger partial charge in [0.1, 0.15) is 6.10 Å². The van der Waals surface area contributed by atoms with Gasteiger partial charge in [-0.1, -0.05) is 77.6 Å². The van der Waals surface area contributed by atoms with E-state index >= 15 is 0 Å². The number of aliphatic hydroxyl groups is 1. The number of carbonyl (C=O) groups excluding carboxylic acids is 1. The molecule has 3 nitrogen and oxygen atoms in total. The SMILES string of the molecule is CCCCCCCCCCC[C@@H](O)C[C@H]1OC(=O)[C@@H]1CCCCCCl. The van der Waals surface area contributed by atoms with Crippen LogP contribution in [0, 0.1) is 5.92 Å². The van der Waals surface area contributed by atoms with Crippen LogP contribution in [0.25, 0.3) is 0 Å². The number of unbranched alkanes of at least 4 members (excludes halogenated alkanes) is 10. The van der Waals surface area contributed by atoms with Gasteiger partial charge in [0, 0.05) is 12.3 Å². The maximum absolute atomic E-state index is 11.6. The predicted octanol–water partition coefficient (Wildman–Crippen LogP) is 6.00. The lowest BCUT2D eigenvalue weighted by atomic mass is 9.86. The largest absolute Gasteiger partial charge is 0.461 e. The highest BCUT2D eigenvalue weighted by Gasteiger charge is 2.42. The minimum absolute atomic E-state index is 0.00750. The second kappa shape index (κ2) is 14.8. The minimum Gasteiger partial charge on any atom is -0.461 e. The molecule has 1 heterocycles. The number of cyclic esters (lactones) is 1. The van der Waals surface area contributed by atoms with Crippen LogP contribution in [0.3, 0.4) is 0 Å². The molecule has 0 saturated carbocycles. The highest BCUT2D eigenvalue weighted by atomic mass is 35.5. The second-order valence-corrected chi connectivity index (χ2v) is 8.00. The first-order chi connectivity index (χ1) is 12.2. The molecule has 0 radical (unpaired) electrons. The first-order valence-corrected chi connectivity index (χ1v) is 11.2. The lowest BCUT2D eigenvalue weighted by Gasteiger charge is -2.36. The molecule has 0 spiro atoms. The van der Waals surface area contributed by atoms with Gasteiger partial charge in [-0.25, -0.2) is 0 Å². The van der Waals surface area contributed by atoms with Crippen LogP contribution in [0.2, 0.25) is 0 Å². The summed E-state index contributed by atoms with van der Waals surface area (Å²) in [5, 5.41) is 10.2. The van der Waals surface area contributed by atoms with Crippen molar-refractivity contribution in [1.29, 1.82) is 0 Å². The molecule has 0 bridgehead atoms. The van der Waals surface area contributed by atoms with Crippen LogP contribution in [-0.4, -0.2) is 29.2 Å². The Morgan fingerprint density at radius 2 is 1.56 bits per heavy atom. The molecule has 0 amide bonds. The van der Waals surface area contributed by atoms with E-state index in [4.69, 9.17) is 16.3 Å². The van der Waals surface area contributed by atoms with Crippen molar-refractivity contribution in [2.24, 2.45) is 5.92 Å². The third-order valence-corrected chi connectivity index (χ3v) is 5.58. The summed E-state index contributed by atoms with van der Waals surface area (Å²) in [5.41, 5.74) is 0. The van der Waals surface area contributed by atoms with Crippen LogP contribution in [0.4, 0.5) is 0 Å². The van der Waals surface area contributed by atoms with Crippen LogP contribution in [0.15, 0.2) is 0 Å². The molecule has 0 aromatic rings. The summed E-state index contributed by atoms with van der Waals surface area (Å²) < 4.78 is 5.25. The third-order valence-electron chi connectivity index (χ3n) is 5.31. The van der Waals surface area contributed by atoms with Crippen molar-refractivity contribution >= 4 is 17.6 Å². The zero-order valence-corrected chi connectivity index (χ0v) is 16.9. The molecule has 0 aromatic carbocycles. The first-order valence-electron chi connectivity index (χ1n) is 10.6. The molecule has 1 aliphatic rings. The van der Waals surface area contributed by atoms with E-state index in [1.54, 1.807) is 0 Å². The smallest absolute Gasteiger partial charge is 0.313 e. The van der Waals surface area contributed by atoms with Crippen molar-refractivity contribution in [2.45, 2.75) is 115 Å². The Kier molecular flexibility index (Phi) is 13.5. The summed E-state index contributed by atoms with van der Waals surface area (Å²) in [6.45, 7) is 2.25. The minimum atomic E-state index is -0.326. The average Bonchev–Trinajstić information content (AvgIpc) is 2.59. The summed E-state index contributed by atoms with van der Waals surface area (Å²) >= 11 is 5.67. The van der Waals surface area contributed by atoms with Crippen molar-refractivity contribution in [1.82, 2.24) is 0 Å². The number of hydrogen-bond acceptors (Lipinski definition) is 3. The van der Waals surface area contributed by atoms with E-state index in [9.17, 15) is 9.90 Å². The highest BCUT2D eigenvalue weighted by molar-refractivity contribution is 6.17. The quantitative estimate of drug-likeness (QED) is 0.193. The van der Waals surface area contributed by atoms with Crippen LogP contribution >= 0.6 is 11.6 Å². The fourth-order valence-electron chi connectivity index (χ4n) is 3.63. The molecule has 1 aliphatic heterocycles. The Morgan fingerprint density at radius 1 is 0.960 bits per heavy atom. The van der Waals surface area contributed by atoms with Gasteiger partial charge in [0.15, 0.2) is 0 Å². The van der Waals surface area contributed by atoms with Crippen molar-refractivity contribution in [2.75, 3.05) is 5.88 Å². The molecule has 1 fully saturated rings. The molecule has 0 unspecified atom stereocenters. The summed E-state index contributed by atoms with van der Waals surface area (Å²) in [7, 11) is 0. The van der Waals surface area contributed by atoms with Gasteiger partial charge in [-0.3, -0.25) is 4.79 Å². The predicted molar refractivity (Wildman–Crippen MR) is 105 cm³/mol. The molecule has 148 valence electrons. The number of aliphatic hydroxyl groups excluding tert-OH is 1. The highest BCUT2D eigenvalue weighted by Crippen LogP contribution is 2.31. The number of rotatable bonds is 17. The van der Waals surface area contributed by atoms with E-state index in [0.29, 0.717) is 12.3 Å². The Balaban J connectivity index is 1.98. The van der Waals surface area contributed by atoms with E-state index in [2.05, 4.69) is 6.92 Å². The van der Waals surface area contributed by atoms with Crippen LogP contribution in [0.5, 0.6) is 0 Å². The molecule has 0 aliphatic carbocycles. The summed E-state index contributed by atoms with van der Waals surface area (Å²) in [6.07, 6.45) is 16.7. The van der Waals surface area contributed by atoms with Gasteiger partial charge < -0.3 is 9.84 Å². The molecule has 1 N–H and O–H groups in total. The normalized spacial score (nSPS) is 21.0. The van der Waals surface area contributed by atoms with Crippen molar-refractivity contribution in [3.8, 4) is 0 Å². The number of esters is 1. The van der Waals surface area contributed by atoms with Crippen LogP contribution < -0.4 is 0 Å². The average molecular weight is 375 g/mol. The maximum Gasteiger partial charge on any atom is 0.313 e. The van der Waals surface area contributed by atoms with E-state index in [1.165, 1.54) is 51.4 Å². The number of ether oxygens (including phenoxy) is 1. The van der Waals surface area contributed by atoms with Crippen molar-refractivity contribution in [3.05, 3.63) is 0 Å². The van der Waals surface area contributed by atoms with Gasteiger partial charge in [-0.15, -0.1) is 11.6 Å². The summed E-state index contributed by atoms with van der Waals surface area (Å²) in [6, 6.07) is 0. The molecular formula is C21H39ClO3. The van der Waals surface area contributed by atoms with Gasteiger partial charge in [0.2, 0.25) is 0 Å². The topological polar surface area (TPSA) is 46.5 Å². The second-order valence-electron chi connectivity index (χ2n) is 7.63. The molecule has 4 heteroatoms. The van der Waals surface area contributed by atoms with Gasteiger partial charge in [0.25, 0.3) is 0 Å². The van der Waals surface area contributed by atoms with E-state index in [1.807, 2.05) is 0 Å². The Labute approximate surface area is 159 Å². The van der Waals surface area contributed by atoms with Gasteiger partial charge in [-0.2, -0.15) is 0 Å². The molecule has 3 atom stereocenters. The Hall–Kier alpha value is -0.280. The van der Waals surface area contributed by atoms with E-state index in [0.717, 1.165) is 38.5 Å². The molecular weight excluding hydrogens is 336 g/mol. The summed E-state index contributed by atoms with van der Waals surface area (Å²) in [4.78, 5) is 11.6. The molecule has 25 heavy (non-hydrogen) atoms.